The van der Waals surface area contributed by atoms with Gasteiger partial charge in [0, 0.05) is 11.1 Å². The third-order valence-electron chi connectivity index (χ3n) is 3.97. The van der Waals surface area contributed by atoms with Gasteiger partial charge < -0.3 is 9.73 Å². The first-order valence-electron chi connectivity index (χ1n) is 7.64. The molecule has 4 aromatic rings. The SMILES string of the molecule is O=C(Nc1cccc(F)c1)c1cc2c(ccc3ccccc32)oc1=O. The Bertz CT molecular complexity index is 1180. The van der Waals surface area contributed by atoms with Crippen molar-refractivity contribution >= 4 is 33.3 Å². The van der Waals surface area contributed by atoms with Crippen LogP contribution >= 0.6 is 0 Å². The number of halogens is 1. The van der Waals surface area contributed by atoms with Crippen molar-refractivity contribution in [2.75, 3.05) is 5.32 Å². The van der Waals surface area contributed by atoms with Gasteiger partial charge in [-0.3, -0.25) is 4.79 Å². The standard InChI is InChI=1S/C20H12FNO3/c21-13-5-3-6-14(10-13)22-19(23)17-11-16-15-7-2-1-4-12(15)8-9-18(16)25-20(17)24/h1-11H,(H,22,23). The summed E-state index contributed by atoms with van der Waals surface area (Å²) < 4.78 is 18.5. The highest BCUT2D eigenvalue weighted by Gasteiger charge is 2.15. The second kappa shape index (κ2) is 5.87. The number of amides is 1. The highest BCUT2D eigenvalue weighted by molar-refractivity contribution is 6.10. The molecule has 0 atom stereocenters. The molecule has 0 fully saturated rings. The van der Waals surface area contributed by atoms with Gasteiger partial charge in [0.15, 0.2) is 0 Å². The molecule has 4 nitrogen and oxygen atoms in total. The van der Waals surface area contributed by atoms with Crippen molar-refractivity contribution in [1.82, 2.24) is 0 Å². The molecule has 0 spiro atoms. The van der Waals surface area contributed by atoms with Gasteiger partial charge in [-0.1, -0.05) is 36.4 Å². The summed E-state index contributed by atoms with van der Waals surface area (Å²) in [5.41, 5.74) is -0.196. The van der Waals surface area contributed by atoms with E-state index in [1.807, 2.05) is 30.3 Å². The Morgan fingerprint density at radius 1 is 0.920 bits per heavy atom. The quantitative estimate of drug-likeness (QED) is 0.438. The zero-order chi connectivity index (χ0) is 17.4. The lowest BCUT2D eigenvalue weighted by Crippen LogP contribution is -2.20. The number of benzene rings is 3. The van der Waals surface area contributed by atoms with Crippen molar-refractivity contribution < 1.29 is 13.6 Å². The van der Waals surface area contributed by atoms with E-state index in [0.717, 1.165) is 10.8 Å². The molecule has 0 saturated heterocycles. The monoisotopic (exact) mass is 333 g/mol. The Morgan fingerprint density at radius 2 is 1.76 bits per heavy atom. The molecule has 0 unspecified atom stereocenters. The van der Waals surface area contributed by atoms with E-state index in [1.165, 1.54) is 24.3 Å². The second-order valence-electron chi connectivity index (χ2n) is 5.61. The van der Waals surface area contributed by atoms with Gasteiger partial charge in [-0.25, -0.2) is 9.18 Å². The summed E-state index contributed by atoms with van der Waals surface area (Å²) in [4.78, 5) is 24.6. The minimum Gasteiger partial charge on any atom is -0.422 e. The summed E-state index contributed by atoms with van der Waals surface area (Å²) >= 11 is 0. The fourth-order valence-electron chi connectivity index (χ4n) is 2.79. The summed E-state index contributed by atoms with van der Waals surface area (Å²) in [6.07, 6.45) is 0. The van der Waals surface area contributed by atoms with E-state index in [-0.39, 0.29) is 11.3 Å². The average Bonchev–Trinajstić information content (AvgIpc) is 2.61. The van der Waals surface area contributed by atoms with Crippen LogP contribution in [0.25, 0.3) is 21.7 Å². The number of fused-ring (bicyclic) bond motifs is 3. The molecule has 1 aromatic heterocycles. The van der Waals surface area contributed by atoms with E-state index < -0.39 is 17.3 Å². The number of carbonyl (C=O) groups is 1. The molecular weight excluding hydrogens is 321 g/mol. The van der Waals surface area contributed by atoms with Crippen molar-refractivity contribution in [1.29, 1.82) is 0 Å². The molecule has 0 aliphatic rings. The number of nitrogens with one attached hydrogen (secondary N) is 1. The predicted molar refractivity (Wildman–Crippen MR) is 94.3 cm³/mol. The molecule has 25 heavy (non-hydrogen) atoms. The van der Waals surface area contributed by atoms with Crippen LogP contribution in [-0.2, 0) is 0 Å². The van der Waals surface area contributed by atoms with Gasteiger partial charge in [-0.15, -0.1) is 0 Å². The highest BCUT2D eigenvalue weighted by Crippen LogP contribution is 2.25. The minimum atomic E-state index is -0.739. The summed E-state index contributed by atoms with van der Waals surface area (Å²) in [5.74, 6) is -1.12. The second-order valence-corrected chi connectivity index (χ2v) is 5.61. The van der Waals surface area contributed by atoms with Crippen LogP contribution < -0.4 is 10.9 Å². The molecule has 0 bridgehead atoms. The first-order chi connectivity index (χ1) is 12.1. The van der Waals surface area contributed by atoms with Gasteiger partial charge in [0.1, 0.15) is 17.0 Å². The summed E-state index contributed by atoms with van der Waals surface area (Å²) in [7, 11) is 0. The third kappa shape index (κ3) is 2.76. The van der Waals surface area contributed by atoms with E-state index in [9.17, 15) is 14.0 Å². The largest absolute Gasteiger partial charge is 0.422 e. The molecule has 1 N–H and O–H groups in total. The predicted octanol–water partition coefficient (Wildman–Crippen LogP) is 4.34. The number of hydrogen-bond acceptors (Lipinski definition) is 3. The van der Waals surface area contributed by atoms with Crippen molar-refractivity contribution in [2.24, 2.45) is 0 Å². The summed E-state index contributed by atoms with van der Waals surface area (Å²) in [5, 5.41) is 5.03. The molecule has 0 radical (unpaired) electrons. The molecule has 1 heterocycles. The van der Waals surface area contributed by atoms with Gasteiger partial charge in [-0.05, 0) is 41.1 Å². The molecule has 0 aliphatic heterocycles. The van der Waals surface area contributed by atoms with E-state index in [1.54, 1.807) is 12.1 Å². The van der Waals surface area contributed by atoms with Crippen LogP contribution in [-0.4, -0.2) is 5.91 Å². The van der Waals surface area contributed by atoms with Crippen LogP contribution in [0.3, 0.4) is 0 Å². The average molecular weight is 333 g/mol. The van der Waals surface area contributed by atoms with Crippen LogP contribution in [0.15, 0.2) is 75.9 Å². The number of rotatable bonds is 2. The van der Waals surface area contributed by atoms with Crippen LogP contribution in [0.2, 0.25) is 0 Å². The van der Waals surface area contributed by atoms with Crippen molar-refractivity contribution in [3.8, 4) is 0 Å². The molecule has 0 aliphatic carbocycles. The number of anilines is 1. The first-order valence-corrected chi connectivity index (χ1v) is 7.64. The zero-order valence-corrected chi connectivity index (χ0v) is 13.0. The van der Waals surface area contributed by atoms with Crippen molar-refractivity contribution in [2.45, 2.75) is 0 Å². The molecule has 4 rings (SSSR count). The zero-order valence-electron chi connectivity index (χ0n) is 13.0. The normalized spacial score (nSPS) is 10.9. The summed E-state index contributed by atoms with van der Waals surface area (Å²) in [6, 6.07) is 18.1. The molecule has 5 heteroatoms. The van der Waals surface area contributed by atoms with E-state index >= 15 is 0 Å². The maximum Gasteiger partial charge on any atom is 0.349 e. The Morgan fingerprint density at radius 3 is 2.60 bits per heavy atom. The lowest BCUT2D eigenvalue weighted by atomic mass is 10.0. The summed E-state index contributed by atoms with van der Waals surface area (Å²) in [6.45, 7) is 0. The Balaban J connectivity index is 1.83. The molecular formula is C20H12FNO3. The van der Waals surface area contributed by atoms with Gasteiger partial charge in [0.05, 0.1) is 0 Å². The van der Waals surface area contributed by atoms with E-state index in [4.69, 9.17) is 4.42 Å². The van der Waals surface area contributed by atoms with Gasteiger partial charge in [-0.2, -0.15) is 0 Å². The molecule has 1 amide bonds. The van der Waals surface area contributed by atoms with Crippen molar-refractivity contribution in [3.05, 3.63) is 88.5 Å². The van der Waals surface area contributed by atoms with Gasteiger partial charge >= 0.3 is 5.63 Å². The number of hydrogen-bond donors (Lipinski definition) is 1. The lowest BCUT2D eigenvalue weighted by Gasteiger charge is -2.07. The Kier molecular flexibility index (Phi) is 3.54. The van der Waals surface area contributed by atoms with Crippen LogP contribution in [0.4, 0.5) is 10.1 Å². The van der Waals surface area contributed by atoms with Gasteiger partial charge in [0.2, 0.25) is 0 Å². The van der Waals surface area contributed by atoms with E-state index in [2.05, 4.69) is 5.32 Å². The maximum atomic E-state index is 13.3. The van der Waals surface area contributed by atoms with Gasteiger partial charge in [0.25, 0.3) is 5.91 Å². The van der Waals surface area contributed by atoms with Crippen molar-refractivity contribution in [3.63, 3.8) is 0 Å². The van der Waals surface area contributed by atoms with Crippen LogP contribution in [0.5, 0.6) is 0 Å². The highest BCUT2D eigenvalue weighted by atomic mass is 19.1. The molecule has 122 valence electrons. The maximum absolute atomic E-state index is 13.3. The van der Waals surface area contributed by atoms with Crippen LogP contribution in [0.1, 0.15) is 10.4 Å². The molecule has 0 saturated carbocycles. The first kappa shape index (κ1) is 15.1. The topological polar surface area (TPSA) is 59.3 Å². The molecule has 3 aromatic carbocycles. The Labute approximate surface area is 141 Å². The van der Waals surface area contributed by atoms with E-state index in [0.29, 0.717) is 11.0 Å². The lowest BCUT2D eigenvalue weighted by molar-refractivity contribution is 0.102. The third-order valence-corrected chi connectivity index (χ3v) is 3.97. The fourth-order valence-corrected chi connectivity index (χ4v) is 2.79. The smallest absolute Gasteiger partial charge is 0.349 e. The fraction of sp³-hybridized carbons (Fsp3) is 0. The minimum absolute atomic E-state index is 0.131. The Hall–Kier alpha value is -3.47. The van der Waals surface area contributed by atoms with Crippen LogP contribution in [0, 0.1) is 5.82 Å². The number of carbonyl (C=O) groups excluding carboxylic acids is 1.